The SMILES string of the molecule is CCCCCCCCOc1ccc(CN[C@@H](CCSC)C(=O)O)cc1. The van der Waals surface area contributed by atoms with Crippen molar-refractivity contribution in [3.8, 4) is 5.75 Å². The van der Waals surface area contributed by atoms with Gasteiger partial charge in [-0.2, -0.15) is 11.8 Å². The Labute approximate surface area is 156 Å². The first-order valence-corrected chi connectivity index (χ1v) is 10.7. The van der Waals surface area contributed by atoms with Crippen molar-refractivity contribution in [3.05, 3.63) is 29.8 Å². The molecule has 0 unspecified atom stereocenters. The summed E-state index contributed by atoms with van der Waals surface area (Å²) in [5.41, 5.74) is 1.07. The minimum absolute atomic E-state index is 0.490. The molecule has 5 heteroatoms. The average Bonchev–Trinajstić information content (AvgIpc) is 2.62. The summed E-state index contributed by atoms with van der Waals surface area (Å²) in [5, 5.41) is 12.3. The van der Waals surface area contributed by atoms with Crippen LogP contribution in [0.5, 0.6) is 5.75 Å². The molecule has 0 bridgehead atoms. The van der Waals surface area contributed by atoms with Gasteiger partial charge in [-0.25, -0.2) is 0 Å². The average molecular weight is 368 g/mol. The summed E-state index contributed by atoms with van der Waals surface area (Å²) in [4.78, 5) is 11.2. The van der Waals surface area contributed by atoms with Gasteiger partial charge in [0.1, 0.15) is 11.8 Å². The summed E-state index contributed by atoms with van der Waals surface area (Å²) in [6.07, 6.45) is 10.2. The summed E-state index contributed by atoms with van der Waals surface area (Å²) in [6, 6.07) is 7.43. The first-order valence-electron chi connectivity index (χ1n) is 9.34. The molecule has 0 amide bonds. The molecule has 142 valence electrons. The van der Waals surface area contributed by atoms with E-state index in [2.05, 4.69) is 12.2 Å². The maximum absolute atomic E-state index is 11.2. The van der Waals surface area contributed by atoms with Crippen LogP contribution < -0.4 is 10.1 Å². The van der Waals surface area contributed by atoms with Gasteiger partial charge < -0.3 is 15.2 Å². The van der Waals surface area contributed by atoms with Gasteiger partial charge in [0.2, 0.25) is 0 Å². The molecule has 0 spiro atoms. The van der Waals surface area contributed by atoms with Crippen molar-refractivity contribution in [2.75, 3.05) is 18.6 Å². The molecule has 0 saturated heterocycles. The highest BCUT2D eigenvalue weighted by atomic mass is 32.2. The van der Waals surface area contributed by atoms with E-state index in [0.717, 1.165) is 30.1 Å². The lowest BCUT2D eigenvalue weighted by molar-refractivity contribution is -0.139. The number of nitrogens with one attached hydrogen (secondary N) is 1. The number of carboxylic acids is 1. The molecular formula is C20H33NO3S. The Bertz CT molecular complexity index is 465. The fraction of sp³-hybridized carbons (Fsp3) is 0.650. The van der Waals surface area contributed by atoms with Gasteiger partial charge in [-0.3, -0.25) is 4.79 Å². The van der Waals surface area contributed by atoms with Gasteiger partial charge in [0.25, 0.3) is 0 Å². The van der Waals surface area contributed by atoms with Crippen LogP contribution in [0.4, 0.5) is 0 Å². The van der Waals surface area contributed by atoms with Gasteiger partial charge in [0.15, 0.2) is 0 Å². The first-order chi connectivity index (χ1) is 12.2. The minimum Gasteiger partial charge on any atom is -0.494 e. The molecule has 0 radical (unpaired) electrons. The maximum atomic E-state index is 11.2. The molecule has 0 aromatic heterocycles. The number of ether oxygens (including phenoxy) is 1. The van der Waals surface area contributed by atoms with E-state index in [1.807, 2.05) is 30.5 Å². The molecule has 0 fully saturated rings. The van der Waals surface area contributed by atoms with Crippen LogP contribution in [0, 0.1) is 0 Å². The Morgan fingerprint density at radius 3 is 2.48 bits per heavy atom. The second-order valence-electron chi connectivity index (χ2n) is 6.31. The van der Waals surface area contributed by atoms with Gasteiger partial charge in [0, 0.05) is 6.54 Å². The zero-order chi connectivity index (χ0) is 18.3. The van der Waals surface area contributed by atoms with Crippen LogP contribution >= 0.6 is 11.8 Å². The largest absolute Gasteiger partial charge is 0.494 e. The number of hydrogen-bond donors (Lipinski definition) is 2. The van der Waals surface area contributed by atoms with Crippen LogP contribution in [0.25, 0.3) is 0 Å². The standard InChI is InChI=1S/C20H33NO3S/c1-3-4-5-6-7-8-14-24-18-11-9-17(10-12-18)16-21-19(20(22)23)13-15-25-2/h9-12,19,21H,3-8,13-16H2,1-2H3,(H,22,23)/t19-/m0/s1. The normalized spacial score (nSPS) is 12.1. The van der Waals surface area contributed by atoms with Crippen molar-refractivity contribution in [3.63, 3.8) is 0 Å². The fourth-order valence-electron chi connectivity index (χ4n) is 2.57. The summed E-state index contributed by atoms with van der Waals surface area (Å²) in [6.45, 7) is 3.55. The second kappa shape index (κ2) is 14.0. The predicted molar refractivity (Wildman–Crippen MR) is 107 cm³/mol. The van der Waals surface area contributed by atoms with E-state index in [9.17, 15) is 9.90 Å². The van der Waals surface area contributed by atoms with Crippen LogP contribution in [0.15, 0.2) is 24.3 Å². The topological polar surface area (TPSA) is 58.6 Å². The Hall–Kier alpha value is -1.20. The van der Waals surface area contributed by atoms with Crippen LogP contribution in [0.2, 0.25) is 0 Å². The molecule has 0 saturated carbocycles. The number of carboxylic acid groups (broad SMARTS) is 1. The number of benzene rings is 1. The molecule has 0 aliphatic heterocycles. The fourth-order valence-corrected chi connectivity index (χ4v) is 3.04. The lowest BCUT2D eigenvalue weighted by Gasteiger charge is -2.14. The van der Waals surface area contributed by atoms with Crippen molar-refractivity contribution in [1.82, 2.24) is 5.32 Å². The van der Waals surface area contributed by atoms with Gasteiger partial charge >= 0.3 is 5.97 Å². The Kier molecular flexibility index (Phi) is 12.2. The smallest absolute Gasteiger partial charge is 0.320 e. The molecular weight excluding hydrogens is 334 g/mol. The summed E-state index contributed by atoms with van der Waals surface area (Å²) in [7, 11) is 0. The number of hydrogen-bond acceptors (Lipinski definition) is 4. The van der Waals surface area contributed by atoms with Crippen LogP contribution in [0.3, 0.4) is 0 Å². The van der Waals surface area contributed by atoms with Crippen LogP contribution in [-0.4, -0.2) is 35.7 Å². The molecule has 0 aliphatic carbocycles. The highest BCUT2D eigenvalue weighted by molar-refractivity contribution is 7.98. The molecule has 1 aromatic carbocycles. The van der Waals surface area contributed by atoms with E-state index < -0.39 is 12.0 Å². The van der Waals surface area contributed by atoms with E-state index in [1.54, 1.807) is 11.8 Å². The Morgan fingerprint density at radius 2 is 1.84 bits per heavy atom. The van der Waals surface area contributed by atoms with Gasteiger partial charge in [0.05, 0.1) is 6.61 Å². The molecule has 1 rings (SSSR count). The summed E-state index contributed by atoms with van der Waals surface area (Å²) >= 11 is 1.67. The Balaban J connectivity index is 2.25. The molecule has 1 aromatic rings. The minimum atomic E-state index is -0.784. The maximum Gasteiger partial charge on any atom is 0.320 e. The van der Waals surface area contributed by atoms with E-state index in [0.29, 0.717) is 13.0 Å². The Morgan fingerprint density at radius 1 is 1.16 bits per heavy atom. The first kappa shape index (κ1) is 21.8. The number of aliphatic carboxylic acids is 1. The summed E-state index contributed by atoms with van der Waals surface area (Å²) < 4.78 is 5.77. The van der Waals surface area contributed by atoms with Gasteiger partial charge in [-0.15, -0.1) is 0 Å². The third-order valence-corrected chi connectivity index (χ3v) is 4.80. The van der Waals surface area contributed by atoms with Crippen molar-refractivity contribution < 1.29 is 14.6 Å². The number of unbranched alkanes of at least 4 members (excludes halogenated alkanes) is 5. The quantitative estimate of drug-likeness (QED) is 0.439. The van der Waals surface area contributed by atoms with Crippen molar-refractivity contribution in [2.45, 2.75) is 64.5 Å². The molecule has 25 heavy (non-hydrogen) atoms. The van der Waals surface area contributed by atoms with E-state index in [4.69, 9.17) is 4.74 Å². The van der Waals surface area contributed by atoms with Gasteiger partial charge in [-0.1, -0.05) is 51.2 Å². The number of carbonyl (C=O) groups is 1. The van der Waals surface area contributed by atoms with Crippen molar-refractivity contribution >= 4 is 17.7 Å². The second-order valence-corrected chi connectivity index (χ2v) is 7.30. The van der Waals surface area contributed by atoms with Crippen LogP contribution in [-0.2, 0) is 11.3 Å². The van der Waals surface area contributed by atoms with E-state index in [1.165, 1.54) is 32.1 Å². The lowest BCUT2D eigenvalue weighted by atomic mass is 10.1. The predicted octanol–water partition coefficient (Wildman–Crippen LogP) is 4.72. The van der Waals surface area contributed by atoms with Crippen LogP contribution in [0.1, 0.15) is 57.4 Å². The number of thioether (sulfide) groups is 1. The molecule has 4 nitrogen and oxygen atoms in total. The monoisotopic (exact) mass is 367 g/mol. The third-order valence-electron chi connectivity index (χ3n) is 4.15. The molecule has 0 heterocycles. The summed E-state index contributed by atoms with van der Waals surface area (Å²) in [5.74, 6) is 0.942. The molecule has 2 N–H and O–H groups in total. The van der Waals surface area contributed by atoms with E-state index >= 15 is 0 Å². The van der Waals surface area contributed by atoms with E-state index in [-0.39, 0.29) is 0 Å². The highest BCUT2D eigenvalue weighted by Gasteiger charge is 2.15. The van der Waals surface area contributed by atoms with Crippen molar-refractivity contribution in [2.24, 2.45) is 0 Å². The van der Waals surface area contributed by atoms with Gasteiger partial charge in [-0.05, 0) is 42.5 Å². The molecule has 1 atom stereocenters. The number of rotatable bonds is 15. The zero-order valence-corrected chi connectivity index (χ0v) is 16.4. The highest BCUT2D eigenvalue weighted by Crippen LogP contribution is 2.14. The van der Waals surface area contributed by atoms with Crippen molar-refractivity contribution in [1.29, 1.82) is 0 Å². The lowest BCUT2D eigenvalue weighted by Crippen LogP contribution is -2.36. The zero-order valence-electron chi connectivity index (χ0n) is 15.6. The molecule has 0 aliphatic rings. The third kappa shape index (κ3) is 10.4.